The summed E-state index contributed by atoms with van der Waals surface area (Å²) < 4.78 is 19.1. The lowest BCUT2D eigenvalue weighted by molar-refractivity contribution is 0.0772. The van der Waals surface area contributed by atoms with E-state index in [1.807, 2.05) is 19.9 Å². The van der Waals surface area contributed by atoms with Crippen molar-refractivity contribution < 1.29 is 9.13 Å². The van der Waals surface area contributed by atoms with E-state index in [9.17, 15) is 4.39 Å². The number of ether oxygens (including phenoxy) is 1. The molecule has 0 fully saturated rings. The predicted octanol–water partition coefficient (Wildman–Crippen LogP) is 3.23. The van der Waals surface area contributed by atoms with Crippen LogP contribution in [0.1, 0.15) is 25.8 Å². The summed E-state index contributed by atoms with van der Waals surface area (Å²) >= 11 is 3.19. The molecule has 1 aromatic rings. The smallest absolute Gasteiger partial charge is 0.137 e. The highest BCUT2D eigenvalue weighted by Gasteiger charge is 2.16. The molecule has 0 amide bonds. The van der Waals surface area contributed by atoms with Crippen LogP contribution in [0.2, 0.25) is 0 Å². The van der Waals surface area contributed by atoms with Gasteiger partial charge < -0.3 is 10.5 Å². The Morgan fingerprint density at radius 2 is 2.19 bits per heavy atom. The molecular weight excluding hydrogens is 273 g/mol. The van der Waals surface area contributed by atoms with Crippen LogP contribution in [-0.4, -0.2) is 12.1 Å². The minimum Gasteiger partial charge on any atom is -0.375 e. The first kappa shape index (κ1) is 13.6. The molecule has 0 saturated carbocycles. The van der Waals surface area contributed by atoms with Crippen molar-refractivity contribution in [3.8, 4) is 0 Å². The van der Waals surface area contributed by atoms with Crippen molar-refractivity contribution in [2.45, 2.75) is 32.4 Å². The molecule has 1 unspecified atom stereocenters. The molecule has 0 bridgehead atoms. The third kappa shape index (κ3) is 3.85. The van der Waals surface area contributed by atoms with Crippen molar-refractivity contribution in [2.75, 3.05) is 6.61 Å². The van der Waals surface area contributed by atoms with E-state index in [2.05, 4.69) is 15.9 Å². The fourth-order valence-electron chi connectivity index (χ4n) is 1.16. The van der Waals surface area contributed by atoms with Gasteiger partial charge in [0.25, 0.3) is 0 Å². The van der Waals surface area contributed by atoms with Crippen molar-refractivity contribution in [3.05, 3.63) is 34.1 Å². The summed E-state index contributed by atoms with van der Waals surface area (Å²) in [6.45, 7) is 4.78. The first-order chi connectivity index (χ1) is 7.46. The van der Waals surface area contributed by atoms with Crippen molar-refractivity contribution in [1.29, 1.82) is 0 Å². The first-order valence-corrected chi connectivity index (χ1v) is 6.05. The quantitative estimate of drug-likeness (QED) is 0.903. The Hall–Kier alpha value is -0.450. The highest BCUT2D eigenvalue weighted by molar-refractivity contribution is 9.10. The molecule has 0 heterocycles. The Morgan fingerprint density at radius 3 is 2.81 bits per heavy atom. The molecule has 1 aromatic carbocycles. The van der Waals surface area contributed by atoms with Crippen LogP contribution < -0.4 is 5.73 Å². The van der Waals surface area contributed by atoms with Crippen LogP contribution in [0.5, 0.6) is 0 Å². The van der Waals surface area contributed by atoms with E-state index in [1.54, 1.807) is 6.07 Å². The molecule has 0 saturated heterocycles. The lowest BCUT2D eigenvalue weighted by Gasteiger charge is -2.22. The van der Waals surface area contributed by atoms with Gasteiger partial charge in [0.15, 0.2) is 0 Å². The van der Waals surface area contributed by atoms with Crippen LogP contribution in [-0.2, 0) is 11.3 Å². The molecule has 1 atom stereocenters. The fraction of sp³-hybridized carbons (Fsp3) is 0.500. The molecule has 2 nitrogen and oxygen atoms in total. The molecule has 0 aliphatic carbocycles. The zero-order chi connectivity index (χ0) is 12.2. The first-order valence-electron chi connectivity index (χ1n) is 5.26. The van der Waals surface area contributed by atoms with Crippen molar-refractivity contribution in [3.63, 3.8) is 0 Å². The standard InChI is InChI=1S/C12H17BrFNO/c1-3-12(2,15)8-16-7-9-5-4-6-10(14)11(9)13/h4-6H,3,7-8,15H2,1-2H3. The van der Waals surface area contributed by atoms with E-state index in [0.29, 0.717) is 17.7 Å². The number of benzene rings is 1. The van der Waals surface area contributed by atoms with Crippen LogP contribution in [0, 0.1) is 5.82 Å². The van der Waals surface area contributed by atoms with Gasteiger partial charge in [0.2, 0.25) is 0 Å². The topological polar surface area (TPSA) is 35.2 Å². The zero-order valence-electron chi connectivity index (χ0n) is 9.59. The molecule has 0 radical (unpaired) electrons. The van der Waals surface area contributed by atoms with E-state index < -0.39 is 0 Å². The number of rotatable bonds is 5. The summed E-state index contributed by atoms with van der Waals surface area (Å²) in [5.74, 6) is -0.271. The van der Waals surface area contributed by atoms with Crippen molar-refractivity contribution in [1.82, 2.24) is 0 Å². The average molecular weight is 290 g/mol. The summed E-state index contributed by atoms with van der Waals surface area (Å²) in [7, 11) is 0. The van der Waals surface area contributed by atoms with Crippen LogP contribution in [0.15, 0.2) is 22.7 Å². The minimum absolute atomic E-state index is 0.271. The molecule has 4 heteroatoms. The SMILES string of the molecule is CCC(C)(N)COCc1cccc(F)c1Br. The van der Waals surface area contributed by atoms with Gasteiger partial charge in [-0.3, -0.25) is 0 Å². The summed E-state index contributed by atoms with van der Waals surface area (Å²) in [6.07, 6.45) is 0.845. The maximum Gasteiger partial charge on any atom is 0.137 e. The molecule has 16 heavy (non-hydrogen) atoms. The number of hydrogen-bond acceptors (Lipinski definition) is 2. The van der Waals surface area contributed by atoms with Crippen LogP contribution in [0.25, 0.3) is 0 Å². The second-order valence-electron chi connectivity index (χ2n) is 4.21. The zero-order valence-corrected chi connectivity index (χ0v) is 11.2. The van der Waals surface area contributed by atoms with Gasteiger partial charge in [0.1, 0.15) is 5.82 Å². The third-order valence-electron chi connectivity index (χ3n) is 2.53. The monoisotopic (exact) mass is 289 g/mol. The van der Waals surface area contributed by atoms with Crippen LogP contribution in [0.4, 0.5) is 4.39 Å². The molecule has 0 aliphatic rings. The third-order valence-corrected chi connectivity index (χ3v) is 3.42. The molecule has 0 spiro atoms. The summed E-state index contributed by atoms with van der Waals surface area (Å²) in [4.78, 5) is 0. The van der Waals surface area contributed by atoms with Gasteiger partial charge in [-0.05, 0) is 40.9 Å². The largest absolute Gasteiger partial charge is 0.375 e. The second-order valence-corrected chi connectivity index (χ2v) is 5.01. The van der Waals surface area contributed by atoms with Gasteiger partial charge in [-0.2, -0.15) is 0 Å². The Morgan fingerprint density at radius 1 is 1.50 bits per heavy atom. The van der Waals surface area contributed by atoms with E-state index in [4.69, 9.17) is 10.5 Å². The van der Waals surface area contributed by atoms with Gasteiger partial charge in [-0.25, -0.2) is 4.39 Å². The maximum absolute atomic E-state index is 13.2. The molecule has 0 aromatic heterocycles. The van der Waals surface area contributed by atoms with E-state index in [1.165, 1.54) is 6.07 Å². The van der Waals surface area contributed by atoms with Crippen LogP contribution in [0.3, 0.4) is 0 Å². The average Bonchev–Trinajstić information content (AvgIpc) is 2.24. The van der Waals surface area contributed by atoms with Crippen LogP contribution >= 0.6 is 15.9 Å². The Balaban J connectivity index is 2.53. The van der Waals surface area contributed by atoms with Gasteiger partial charge in [0, 0.05) is 5.54 Å². The highest BCUT2D eigenvalue weighted by Crippen LogP contribution is 2.21. The minimum atomic E-state index is -0.320. The maximum atomic E-state index is 13.2. The van der Waals surface area contributed by atoms with Crippen molar-refractivity contribution >= 4 is 15.9 Å². The molecular formula is C12H17BrFNO. The number of halogens is 2. The van der Waals surface area contributed by atoms with Gasteiger partial charge in [-0.15, -0.1) is 0 Å². The van der Waals surface area contributed by atoms with Gasteiger partial charge >= 0.3 is 0 Å². The summed E-state index contributed by atoms with van der Waals surface area (Å²) in [6, 6.07) is 4.90. The van der Waals surface area contributed by atoms with Gasteiger partial charge in [0.05, 0.1) is 17.7 Å². The second kappa shape index (κ2) is 5.75. The van der Waals surface area contributed by atoms with E-state index in [0.717, 1.165) is 12.0 Å². The van der Waals surface area contributed by atoms with Gasteiger partial charge in [-0.1, -0.05) is 19.1 Å². The van der Waals surface area contributed by atoms with Crippen molar-refractivity contribution in [2.24, 2.45) is 5.73 Å². The number of hydrogen-bond donors (Lipinski definition) is 1. The van der Waals surface area contributed by atoms with E-state index >= 15 is 0 Å². The molecule has 0 aliphatic heterocycles. The highest BCUT2D eigenvalue weighted by atomic mass is 79.9. The molecule has 2 N–H and O–H groups in total. The number of nitrogens with two attached hydrogens (primary N) is 1. The molecule has 90 valence electrons. The predicted molar refractivity (Wildman–Crippen MR) is 66.6 cm³/mol. The Bertz CT molecular complexity index is 355. The summed E-state index contributed by atoms with van der Waals surface area (Å²) in [5, 5.41) is 0. The normalized spacial score (nSPS) is 14.8. The van der Waals surface area contributed by atoms with E-state index in [-0.39, 0.29) is 11.4 Å². The molecule has 1 rings (SSSR count). The Labute approximate surface area is 104 Å². The Kier molecular flexibility index (Phi) is 4.89. The fourth-order valence-corrected chi connectivity index (χ4v) is 1.53. The lowest BCUT2D eigenvalue weighted by Crippen LogP contribution is -2.40. The summed E-state index contributed by atoms with van der Waals surface area (Å²) in [5.41, 5.74) is 6.42. The lowest BCUT2D eigenvalue weighted by atomic mass is 10.0.